The van der Waals surface area contributed by atoms with Crippen molar-refractivity contribution < 1.29 is 4.79 Å². The molecule has 5 heteroatoms. The number of aromatic nitrogens is 2. The summed E-state index contributed by atoms with van der Waals surface area (Å²) in [7, 11) is 0. The maximum atomic E-state index is 12.5. The van der Waals surface area contributed by atoms with E-state index in [-0.39, 0.29) is 17.2 Å². The van der Waals surface area contributed by atoms with Crippen molar-refractivity contribution in [1.29, 1.82) is 0 Å². The zero-order chi connectivity index (χ0) is 17.2. The Morgan fingerprint density at radius 3 is 2.64 bits per heavy atom. The second-order valence-corrected chi connectivity index (χ2v) is 6.06. The molecule has 1 aliphatic rings. The van der Waals surface area contributed by atoms with Crippen LogP contribution in [0, 0.1) is 0 Å². The van der Waals surface area contributed by atoms with Gasteiger partial charge in [-0.05, 0) is 34.4 Å². The first-order chi connectivity index (χ1) is 12.2. The van der Waals surface area contributed by atoms with Crippen molar-refractivity contribution in [2.24, 2.45) is 0 Å². The Hall–Kier alpha value is -3.21. The lowest BCUT2D eigenvalue weighted by Gasteiger charge is -2.26. The number of benzene rings is 2. The molecule has 3 aromatic rings. The highest BCUT2D eigenvalue weighted by Gasteiger charge is 2.21. The van der Waals surface area contributed by atoms with Crippen molar-refractivity contribution in [1.82, 2.24) is 15.1 Å². The van der Waals surface area contributed by atoms with Crippen molar-refractivity contribution in [2.75, 3.05) is 13.1 Å². The molecule has 0 saturated carbocycles. The van der Waals surface area contributed by atoms with Crippen LogP contribution >= 0.6 is 0 Å². The number of hydrogen-bond donors (Lipinski definition) is 1. The van der Waals surface area contributed by atoms with E-state index >= 15 is 0 Å². The minimum atomic E-state index is -0.312. The molecule has 0 fully saturated rings. The van der Waals surface area contributed by atoms with Crippen LogP contribution in [-0.2, 0) is 0 Å². The average molecular weight is 331 g/mol. The van der Waals surface area contributed by atoms with Gasteiger partial charge in [0.05, 0.1) is 0 Å². The SMILES string of the molecule is O=C(c1ccc(=O)[nH]n1)N1CC=C(c2cccc3ccccc23)CC1. The first kappa shape index (κ1) is 15.3. The van der Waals surface area contributed by atoms with Crippen LogP contribution in [0.2, 0.25) is 0 Å². The van der Waals surface area contributed by atoms with Gasteiger partial charge in [-0.25, -0.2) is 5.10 Å². The summed E-state index contributed by atoms with van der Waals surface area (Å²) in [6.45, 7) is 1.17. The Morgan fingerprint density at radius 2 is 1.88 bits per heavy atom. The fourth-order valence-electron chi connectivity index (χ4n) is 3.23. The Morgan fingerprint density at radius 1 is 1.04 bits per heavy atom. The molecule has 1 aromatic heterocycles. The minimum absolute atomic E-state index is 0.163. The second-order valence-electron chi connectivity index (χ2n) is 6.06. The molecule has 4 rings (SSSR count). The standard InChI is InChI=1S/C20H17N3O2/c24-19-9-8-18(21-22-19)20(25)23-12-10-15(11-13-23)17-7-3-5-14-4-1-2-6-16(14)17/h1-10H,11-13H2,(H,22,24). The first-order valence-electron chi connectivity index (χ1n) is 8.24. The fourth-order valence-corrected chi connectivity index (χ4v) is 3.23. The number of nitrogens with one attached hydrogen (secondary N) is 1. The number of rotatable bonds is 2. The summed E-state index contributed by atoms with van der Waals surface area (Å²) in [5.41, 5.74) is 2.44. The molecule has 0 aliphatic carbocycles. The molecule has 0 atom stereocenters. The fraction of sp³-hybridized carbons (Fsp3) is 0.150. The first-order valence-corrected chi connectivity index (χ1v) is 8.24. The molecule has 0 radical (unpaired) electrons. The van der Waals surface area contributed by atoms with Crippen molar-refractivity contribution in [2.45, 2.75) is 6.42 Å². The van der Waals surface area contributed by atoms with Gasteiger partial charge in [-0.1, -0.05) is 48.5 Å². The number of fused-ring (bicyclic) bond motifs is 1. The van der Waals surface area contributed by atoms with Gasteiger partial charge >= 0.3 is 0 Å². The van der Waals surface area contributed by atoms with E-state index in [1.165, 1.54) is 34.0 Å². The highest BCUT2D eigenvalue weighted by molar-refractivity contribution is 5.95. The molecule has 0 spiro atoms. The van der Waals surface area contributed by atoms with E-state index in [1.54, 1.807) is 4.90 Å². The zero-order valence-electron chi connectivity index (χ0n) is 13.6. The number of H-pyrrole nitrogens is 1. The number of hydrogen-bond acceptors (Lipinski definition) is 3. The summed E-state index contributed by atoms with van der Waals surface area (Å²) in [4.78, 5) is 25.3. The van der Waals surface area contributed by atoms with Crippen molar-refractivity contribution in [3.63, 3.8) is 0 Å². The summed E-state index contributed by atoms with van der Waals surface area (Å²) in [5, 5.41) is 8.58. The largest absolute Gasteiger partial charge is 0.333 e. The predicted molar refractivity (Wildman–Crippen MR) is 97.3 cm³/mol. The van der Waals surface area contributed by atoms with E-state index in [0.717, 1.165) is 6.42 Å². The highest BCUT2D eigenvalue weighted by atomic mass is 16.2. The number of carbonyl (C=O) groups excluding carboxylic acids is 1. The molecule has 124 valence electrons. The average Bonchev–Trinajstić information content (AvgIpc) is 2.68. The minimum Gasteiger partial charge on any atom is -0.333 e. The normalized spacial score (nSPS) is 14.4. The maximum absolute atomic E-state index is 12.5. The second kappa shape index (κ2) is 6.36. The van der Waals surface area contributed by atoms with Crippen LogP contribution in [0.1, 0.15) is 22.5 Å². The molecular weight excluding hydrogens is 314 g/mol. The summed E-state index contributed by atoms with van der Waals surface area (Å²) in [6, 6.07) is 17.4. The van der Waals surface area contributed by atoms with Crippen LogP contribution in [0.4, 0.5) is 0 Å². The van der Waals surface area contributed by atoms with Crippen LogP contribution in [0.25, 0.3) is 16.3 Å². The van der Waals surface area contributed by atoms with E-state index < -0.39 is 0 Å². The van der Waals surface area contributed by atoms with Gasteiger partial charge in [0.15, 0.2) is 0 Å². The lowest BCUT2D eigenvalue weighted by Crippen LogP contribution is -2.35. The summed E-state index contributed by atoms with van der Waals surface area (Å²) in [6.07, 6.45) is 2.90. The Labute approximate surface area is 144 Å². The third kappa shape index (κ3) is 2.96. The molecule has 0 unspecified atom stereocenters. The molecular formula is C20H17N3O2. The zero-order valence-corrected chi connectivity index (χ0v) is 13.6. The molecule has 1 aliphatic heterocycles. The molecule has 2 heterocycles. The Kier molecular flexibility index (Phi) is 3.90. The monoisotopic (exact) mass is 331 g/mol. The van der Waals surface area contributed by atoms with E-state index in [4.69, 9.17) is 0 Å². The van der Waals surface area contributed by atoms with Gasteiger partial charge in [0.2, 0.25) is 0 Å². The van der Waals surface area contributed by atoms with Crippen molar-refractivity contribution in [3.8, 4) is 0 Å². The molecule has 1 N–H and O–H groups in total. The quantitative estimate of drug-likeness (QED) is 0.785. The van der Waals surface area contributed by atoms with Crippen LogP contribution in [0.5, 0.6) is 0 Å². The highest BCUT2D eigenvalue weighted by Crippen LogP contribution is 2.29. The number of aromatic amines is 1. The van der Waals surface area contributed by atoms with E-state index in [9.17, 15) is 9.59 Å². The lowest BCUT2D eigenvalue weighted by atomic mass is 9.94. The predicted octanol–water partition coefficient (Wildman–Crippen LogP) is 2.85. The summed E-state index contributed by atoms with van der Waals surface area (Å²) in [5.74, 6) is -0.163. The van der Waals surface area contributed by atoms with Gasteiger partial charge in [-0.3, -0.25) is 9.59 Å². The number of amides is 1. The summed E-state index contributed by atoms with van der Waals surface area (Å²) >= 11 is 0. The molecule has 25 heavy (non-hydrogen) atoms. The van der Waals surface area contributed by atoms with Gasteiger partial charge in [0.1, 0.15) is 5.69 Å². The third-order valence-electron chi connectivity index (χ3n) is 4.53. The van der Waals surface area contributed by atoms with Crippen molar-refractivity contribution >= 4 is 22.3 Å². The topological polar surface area (TPSA) is 66.1 Å². The lowest BCUT2D eigenvalue weighted by molar-refractivity contribution is 0.0765. The Balaban J connectivity index is 1.58. The van der Waals surface area contributed by atoms with E-state index in [0.29, 0.717) is 13.1 Å². The molecule has 0 bridgehead atoms. The van der Waals surface area contributed by atoms with Crippen LogP contribution in [0.15, 0.2) is 65.5 Å². The van der Waals surface area contributed by atoms with Gasteiger partial charge in [0.25, 0.3) is 11.5 Å². The van der Waals surface area contributed by atoms with Gasteiger partial charge in [-0.15, -0.1) is 0 Å². The van der Waals surface area contributed by atoms with Gasteiger partial charge < -0.3 is 4.90 Å². The maximum Gasteiger partial charge on any atom is 0.274 e. The third-order valence-corrected chi connectivity index (χ3v) is 4.53. The Bertz CT molecular complexity index is 1010. The molecule has 1 amide bonds. The van der Waals surface area contributed by atoms with Crippen LogP contribution in [0.3, 0.4) is 0 Å². The molecule has 5 nitrogen and oxygen atoms in total. The van der Waals surface area contributed by atoms with Gasteiger partial charge in [-0.2, -0.15) is 5.10 Å². The molecule has 0 saturated heterocycles. The van der Waals surface area contributed by atoms with E-state index in [2.05, 4.69) is 46.6 Å². The summed E-state index contributed by atoms with van der Waals surface area (Å²) < 4.78 is 0. The molecule has 2 aromatic carbocycles. The van der Waals surface area contributed by atoms with Crippen LogP contribution in [-0.4, -0.2) is 34.1 Å². The van der Waals surface area contributed by atoms with Crippen molar-refractivity contribution in [3.05, 3.63) is 82.3 Å². The van der Waals surface area contributed by atoms with E-state index in [1.807, 2.05) is 12.1 Å². The van der Waals surface area contributed by atoms with Gasteiger partial charge in [0, 0.05) is 19.2 Å². The van der Waals surface area contributed by atoms with Crippen LogP contribution < -0.4 is 5.56 Å². The number of carbonyl (C=O) groups is 1. The number of nitrogens with zero attached hydrogens (tertiary/aromatic N) is 2. The smallest absolute Gasteiger partial charge is 0.274 e.